The number of halogens is 4. The zero-order valence-electron chi connectivity index (χ0n) is 18.2. The second-order valence-electron chi connectivity index (χ2n) is 7.91. The first-order chi connectivity index (χ1) is 16.2. The Bertz CT molecular complexity index is 1160. The summed E-state index contributed by atoms with van der Waals surface area (Å²) in [6.45, 7) is 3.37. The second-order valence-corrected chi connectivity index (χ2v) is 7.91. The van der Waals surface area contributed by atoms with E-state index in [0.29, 0.717) is 16.9 Å². The van der Waals surface area contributed by atoms with Gasteiger partial charge >= 0.3 is 6.30 Å². The molecule has 0 saturated carbocycles. The van der Waals surface area contributed by atoms with Crippen LogP contribution in [-0.2, 0) is 0 Å². The van der Waals surface area contributed by atoms with Gasteiger partial charge in [-0.1, -0.05) is 12.1 Å². The maximum Gasteiger partial charge on any atom is 0.484 e. The predicted molar refractivity (Wildman–Crippen MR) is 120 cm³/mol. The van der Waals surface area contributed by atoms with E-state index in [-0.39, 0.29) is 17.3 Å². The van der Waals surface area contributed by atoms with Crippen molar-refractivity contribution in [1.82, 2.24) is 20.2 Å². The van der Waals surface area contributed by atoms with Gasteiger partial charge in [0.05, 0.1) is 5.69 Å². The molecule has 0 spiro atoms. The van der Waals surface area contributed by atoms with Gasteiger partial charge in [0.25, 0.3) is 5.91 Å². The molecule has 1 fully saturated rings. The standard InChI is InChI=1S/C23H22F4N6O/c1-32-8-10-33(11-9-32)19-13-17(24)12-18(14-19)29-22-28-7-6-20(30-22)15-2-4-16(5-3-15)21(34)31-23(25,26)27/h2-7,12-14H,8-11H2,1H3,(H,31,34)(H,28,29,30). The summed E-state index contributed by atoms with van der Waals surface area (Å²) in [5, 5.41) is 3.97. The van der Waals surface area contributed by atoms with E-state index in [4.69, 9.17) is 0 Å². The highest BCUT2D eigenvalue weighted by molar-refractivity contribution is 5.94. The van der Waals surface area contributed by atoms with Gasteiger partial charge in [0.2, 0.25) is 5.95 Å². The predicted octanol–water partition coefficient (Wildman–Crippen LogP) is 4.03. The lowest BCUT2D eigenvalue weighted by atomic mass is 10.1. The van der Waals surface area contributed by atoms with Crippen LogP contribution in [0.2, 0.25) is 0 Å². The minimum absolute atomic E-state index is 0.135. The van der Waals surface area contributed by atoms with E-state index >= 15 is 0 Å². The lowest BCUT2D eigenvalue weighted by Crippen LogP contribution is -2.44. The van der Waals surface area contributed by atoms with Crippen molar-refractivity contribution in [2.75, 3.05) is 43.4 Å². The van der Waals surface area contributed by atoms with Gasteiger partial charge in [0, 0.05) is 54.9 Å². The van der Waals surface area contributed by atoms with Crippen molar-refractivity contribution >= 4 is 23.2 Å². The van der Waals surface area contributed by atoms with Crippen molar-refractivity contribution in [2.24, 2.45) is 0 Å². The fourth-order valence-corrected chi connectivity index (χ4v) is 3.60. The molecular weight excluding hydrogens is 452 g/mol. The van der Waals surface area contributed by atoms with Crippen molar-refractivity contribution < 1.29 is 22.4 Å². The Hall–Kier alpha value is -3.73. The smallest absolute Gasteiger partial charge is 0.369 e. The SMILES string of the molecule is CN1CCN(c2cc(F)cc(Nc3nccc(-c4ccc(C(=O)NC(F)(F)F)cc4)n3)c2)CC1. The normalized spacial score (nSPS) is 14.7. The monoisotopic (exact) mass is 474 g/mol. The molecule has 4 rings (SSSR count). The van der Waals surface area contributed by atoms with Crippen molar-refractivity contribution in [3.8, 4) is 11.3 Å². The van der Waals surface area contributed by atoms with Crippen LogP contribution in [0.15, 0.2) is 54.7 Å². The average Bonchev–Trinajstić information content (AvgIpc) is 2.78. The topological polar surface area (TPSA) is 73.4 Å². The first kappa shape index (κ1) is 23.4. The van der Waals surface area contributed by atoms with Gasteiger partial charge in [-0.2, -0.15) is 13.2 Å². The van der Waals surface area contributed by atoms with Crippen LogP contribution in [0.5, 0.6) is 0 Å². The Kier molecular flexibility index (Phi) is 6.64. The van der Waals surface area contributed by atoms with Crippen LogP contribution in [0.1, 0.15) is 10.4 Å². The zero-order chi connectivity index (χ0) is 24.3. The maximum absolute atomic E-state index is 14.3. The molecule has 1 amide bonds. The summed E-state index contributed by atoms with van der Waals surface area (Å²) in [5.74, 6) is -1.40. The lowest BCUT2D eigenvalue weighted by molar-refractivity contribution is -0.146. The molecule has 0 atom stereocenters. The van der Waals surface area contributed by atoms with E-state index in [1.54, 1.807) is 6.07 Å². The van der Waals surface area contributed by atoms with Gasteiger partial charge < -0.3 is 15.1 Å². The Balaban J connectivity index is 1.49. The number of aromatic nitrogens is 2. The quantitative estimate of drug-likeness (QED) is 0.430. The molecule has 0 unspecified atom stereocenters. The van der Waals surface area contributed by atoms with E-state index in [1.165, 1.54) is 42.6 Å². The Morgan fingerprint density at radius 2 is 1.71 bits per heavy atom. The fourth-order valence-electron chi connectivity index (χ4n) is 3.60. The molecule has 11 heteroatoms. The molecule has 0 aliphatic carbocycles. The highest BCUT2D eigenvalue weighted by Gasteiger charge is 2.30. The highest BCUT2D eigenvalue weighted by Crippen LogP contribution is 2.26. The molecule has 34 heavy (non-hydrogen) atoms. The molecule has 1 aromatic heterocycles. The number of nitrogens with zero attached hydrogens (tertiary/aromatic N) is 4. The number of alkyl halides is 3. The third-order valence-electron chi connectivity index (χ3n) is 5.36. The maximum atomic E-state index is 14.3. The summed E-state index contributed by atoms with van der Waals surface area (Å²) in [6.07, 6.45) is -3.29. The average molecular weight is 474 g/mol. The highest BCUT2D eigenvalue weighted by atomic mass is 19.4. The molecule has 1 aliphatic rings. The fraction of sp³-hybridized carbons (Fsp3) is 0.261. The summed E-state index contributed by atoms with van der Waals surface area (Å²) in [6, 6.07) is 11.8. The number of benzene rings is 2. The van der Waals surface area contributed by atoms with Crippen LogP contribution in [0.4, 0.5) is 34.9 Å². The largest absolute Gasteiger partial charge is 0.484 e. The van der Waals surface area contributed by atoms with Gasteiger partial charge in [-0.3, -0.25) is 10.1 Å². The van der Waals surface area contributed by atoms with Crippen LogP contribution in [-0.4, -0.2) is 60.3 Å². The van der Waals surface area contributed by atoms with Crippen LogP contribution in [0, 0.1) is 5.82 Å². The Morgan fingerprint density at radius 3 is 2.38 bits per heavy atom. The molecule has 1 saturated heterocycles. The molecule has 0 bridgehead atoms. The van der Waals surface area contributed by atoms with Gasteiger partial charge in [-0.15, -0.1) is 0 Å². The van der Waals surface area contributed by atoms with Crippen LogP contribution in [0.3, 0.4) is 0 Å². The summed E-state index contributed by atoms with van der Waals surface area (Å²) in [5.41, 5.74) is 2.18. The number of likely N-dealkylation sites (N-methyl/N-ethyl adjacent to an activating group) is 1. The minimum atomic E-state index is -4.80. The summed E-state index contributed by atoms with van der Waals surface area (Å²) in [4.78, 5) is 24.6. The number of hydrogen-bond acceptors (Lipinski definition) is 6. The van der Waals surface area contributed by atoms with Crippen LogP contribution in [0.25, 0.3) is 11.3 Å². The molecule has 3 aromatic rings. The van der Waals surface area contributed by atoms with Gasteiger partial charge in [0.15, 0.2) is 0 Å². The Morgan fingerprint density at radius 1 is 1.00 bits per heavy atom. The van der Waals surface area contributed by atoms with E-state index in [0.717, 1.165) is 37.2 Å². The molecule has 2 heterocycles. The van der Waals surface area contributed by atoms with Gasteiger partial charge in [-0.05, 0) is 43.4 Å². The number of nitrogens with one attached hydrogen (secondary N) is 2. The summed E-state index contributed by atoms with van der Waals surface area (Å²) >= 11 is 0. The van der Waals surface area contributed by atoms with E-state index < -0.39 is 12.2 Å². The number of anilines is 3. The van der Waals surface area contributed by atoms with E-state index in [1.807, 2.05) is 13.1 Å². The first-order valence-corrected chi connectivity index (χ1v) is 10.5. The van der Waals surface area contributed by atoms with Gasteiger partial charge in [-0.25, -0.2) is 14.4 Å². The zero-order valence-corrected chi connectivity index (χ0v) is 18.2. The number of hydrogen-bond donors (Lipinski definition) is 2. The first-order valence-electron chi connectivity index (χ1n) is 10.5. The molecule has 2 aromatic carbocycles. The third-order valence-corrected chi connectivity index (χ3v) is 5.36. The second kappa shape index (κ2) is 9.64. The van der Waals surface area contributed by atoms with Gasteiger partial charge in [0.1, 0.15) is 5.82 Å². The lowest BCUT2D eigenvalue weighted by Gasteiger charge is -2.34. The number of carbonyl (C=O) groups is 1. The number of rotatable bonds is 5. The number of carbonyl (C=O) groups excluding carboxylic acids is 1. The molecule has 2 N–H and O–H groups in total. The number of amides is 1. The van der Waals surface area contributed by atoms with Crippen molar-refractivity contribution in [3.05, 3.63) is 66.1 Å². The van der Waals surface area contributed by atoms with Crippen molar-refractivity contribution in [3.63, 3.8) is 0 Å². The molecular formula is C23H22F4N6O. The van der Waals surface area contributed by atoms with Crippen LogP contribution >= 0.6 is 0 Å². The third kappa shape index (κ3) is 5.98. The van der Waals surface area contributed by atoms with Crippen molar-refractivity contribution in [1.29, 1.82) is 0 Å². The Labute approximate surface area is 193 Å². The molecule has 178 valence electrons. The molecule has 1 aliphatic heterocycles. The molecule has 7 nitrogen and oxygen atoms in total. The summed E-state index contributed by atoms with van der Waals surface area (Å²) < 4.78 is 51.3. The van der Waals surface area contributed by atoms with E-state index in [2.05, 4.69) is 25.1 Å². The minimum Gasteiger partial charge on any atom is -0.369 e. The van der Waals surface area contributed by atoms with Crippen molar-refractivity contribution in [2.45, 2.75) is 6.30 Å². The molecule has 0 radical (unpaired) electrons. The van der Waals surface area contributed by atoms with Crippen LogP contribution < -0.4 is 15.5 Å². The summed E-state index contributed by atoms with van der Waals surface area (Å²) in [7, 11) is 2.05. The number of piperazine rings is 1. The van der Waals surface area contributed by atoms with E-state index in [9.17, 15) is 22.4 Å².